The first kappa shape index (κ1) is 12.7. The number of ether oxygens (including phenoxy) is 2. The van der Waals surface area contributed by atoms with Crippen molar-refractivity contribution >= 4 is 5.82 Å². The Morgan fingerprint density at radius 3 is 2.88 bits per heavy atom. The van der Waals surface area contributed by atoms with Crippen molar-refractivity contribution in [1.82, 2.24) is 9.97 Å². The van der Waals surface area contributed by atoms with Crippen LogP contribution in [0.25, 0.3) is 0 Å². The Balaban J connectivity index is 2.35. The van der Waals surface area contributed by atoms with Crippen molar-refractivity contribution in [2.24, 2.45) is 0 Å². The fourth-order valence-corrected chi connectivity index (χ4v) is 1.12. The van der Waals surface area contributed by atoms with Gasteiger partial charge < -0.3 is 14.8 Å². The van der Waals surface area contributed by atoms with E-state index in [9.17, 15) is 0 Å². The lowest BCUT2D eigenvalue weighted by molar-refractivity contribution is 0.108. The fraction of sp³-hybridized carbons (Fsp3) is 0.636. The Bertz CT molecular complexity index is 294. The molecule has 0 radical (unpaired) electrons. The van der Waals surface area contributed by atoms with Crippen LogP contribution in [0.1, 0.15) is 20.3 Å². The Labute approximate surface area is 96.2 Å². The smallest absolute Gasteiger partial charge is 0.218 e. The molecule has 90 valence electrons. The van der Waals surface area contributed by atoms with E-state index in [2.05, 4.69) is 22.2 Å². The molecule has 0 aromatic carbocycles. The average molecular weight is 225 g/mol. The normalized spacial score (nSPS) is 10.1. The van der Waals surface area contributed by atoms with E-state index in [0.29, 0.717) is 25.7 Å². The van der Waals surface area contributed by atoms with Crippen LogP contribution in [0, 0.1) is 0 Å². The monoisotopic (exact) mass is 225 g/mol. The number of hydrogen-bond donors (Lipinski definition) is 1. The molecule has 0 atom stereocenters. The van der Waals surface area contributed by atoms with E-state index in [0.717, 1.165) is 18.8 Å². The highest BCUT2D eigenvalue weighted by molar-refractivity contribution is 5.36. The summed E-state index contributed by atoms with van der Waals surface area (Å²) in [7, 11) is 0. The van der Waals surface area contributed by atoms with Gasteiger partial charge in [-0.15, -0.1) is 0 Å². The Hall–Kier alpha value is -1.36. The summed E-state index contributed by atoms with van der Waals surface area (Å²) in [6.45, 7) is 6.76. The molecule has 16 heavy (non-hydrogen) atoms. The minimum Gasteiger partial charge on any atom is -0.475 e. The average Bonchev–Trinajstić information content (AvgIpc) is 2.33. The molecule has 0 unspecified atom stereocenters. The highest BCUT2D eigenvalue weighted by Crippen LogP contribution is 2.10. The van der Waals surface area contributed by atoms with Gasteiger partial charge in [0.2, 0.25) is 5.88 Å². The highest BCUT2D eigenvalue weighted by atomic mass is 16.5. The maximum Gasteiger partial charge on any atom is 0.218 e. The quantitative estimate of drug-likeness (QED) is 0.683. The second-order valence-electron chi connectivity index (χ2n) is 3.21. The summed E-state index contributed by atoms with van der Waals surface area (Å²) in [6.07, 6.45) is 2.55. The largest absolute Gasteiger partial charge is 0.475 e. The molecule has 1 rings (SSSR count). The van der Waals surface area contributed by atoms with Gasteiger partial charge in [-0.25, -0.2) is 9.97 Å². The molecular weight excluding hydrogens is 206 g/mol. The van der Waals surface area contributed by atoms with Gasteiger partial charge in [0, 0.05) is 19.2 Å². The maximum atomic E-state index is 5.41. The molecule has 0 aliphatic carbocycles. The summed E-state index contributed by atoms with van der Waals surface area (Å²) < 4.78 is 10.6. The van der Waals surface area contributed by atoms with Crippen molar-refractivity contribution in [3.8, 4) is 5.88 Å². The summed E-state index contributed by atoms with van der Waals surface area (Å²) in [4.78, 5) is 8.10. The van der Waals surface area contributed by atoms with E-state index in [1.807, 2.05) is 6.92 Å². The van der Waals surface area contributed by atoms with E-state index in [1.54, 1.807) is 6.07 Å². The number of aromatic nitrogens is 2. The summed E-state index contributed by atoms with van der Waals surface area (Å²) >= 11 is 0. The van der Waals surface area contributed by atoms with Gasteiger partial charge in [-0.05, 0) is 13.3 Å². The first-order valence-electron chi connectivity index (χ1n) is 5.63. The predicted octanol–water partition coefficient (Wildman–Crippen LogP) is 1.71. The lowest BCUT2D eigenvalue weighted by Gasteiger charge is -2.07. The third-order valence-electron chi connectivity index (χ3n) is 1.88. The second kappa shape index (κ2) is 7.87. The summed E-state index contributed by atoms with van der Waals surface area (Å²) in [5.41, 5.74) is 0. The van der Waals surface area contributed by atoms with E-state index in [-0.39, 0.29) is 0 Å². The van der Waals surface area contributed by atoms with Crippen LogP contribution in [-0.2, 0) is 4.74 Å². The summed E-state index contributed by atoms with van der Waals surface area (Å²) in [5, 5.41) is 3.17. The Morgan fingerprint density at radius 2 is 2.12 bits per heavy atom. The van der Waals surface area contributed by atoms with Crippen molar-refractivity contribution in [1.29, 1.82) is 0 Å². The van der Waals surface area contributed by atoms with Crippen LogP contribution in [0.4, 0.5) is 5.82 Å². The number of hydrogen-bond acceptors (Lipinski definition) is 5. The van der Waals surface area contributed by atoms with Crippen LogP contribution in [-0.4, -0.2) is 36.3 Å². The summed E-state index contributed by atoms with van der Waals surface area (Å²) in [6, 6.07) is 1.79. The van der Waals surface area contributed by atoms with Gasteiger partial charge in [-0.2, -0.15) is 0 Å². The van der Waals surface area contributed by atoms with Crippen molar-refractivity contribution in [2.45, 2.75) is 20.3 Å². The van der Waals surface area contributed by atoms with Gasteiger partial charge in [0.05, 0.1) is 6.61 Å². The molecular formula is C11H19N3O2. The lowest BCUT2D eigenvalue weighted by atomic mass is 10.4. The number of rotatable bonds is 8. The van der Waals surface area contributed by atoms with E-state index < -0.39 is 0 Å². The predicted molar refractivity (Wildman–Crippen MR) is 62.8 cm³/mol. The van der Waals surface area contributed by atoms with Crippen molar-refractivity contribution < 1.29 is 9.47 Å². The molecule has 0 amide bonds. The Morgan fingerprint density at radius 1 is 1.25 bits per heavy atom. The lowest BCUT2D eigenvalue weighted by Crippen LogP contribution is -2.08. The van der Waals surface area contributed by atoms with E-state index >= 15 is 0 Å². The van der Waals surface area contributed by atoms with Crippen molar-refractivity contribution in [3.63, 3.8) is 0 Å². The van der Waals surface area contributed by atoms with E-state index in [1.165, 1.54) is 6.33 Å². The maximum absolute atomic E-state index is 5.41. The van der Waals surface area contributed by atoms with Crippen LogP contribution >= 0.6 is 0 Å². The zero-order chi connectivity index (χ0) is 11.6. The van der Waals surface area contributed by atoms with Crippen LogP contribution in [0.2, 0.25) is 0 Å². The molecule has 1 N–H and O–H groups in total. The molecule has 0 bridgehead atoms. The van der Waals surface area contributed by atoms with Gasteiger partial charge in [0.25, 0.3) is 0 Å². The zero-order valence-corrected chi connectivity index (χ0v) is 9.90. The third-order valence-corrected chi connectivity index (χ3v) is 1.88. The molecule has 0 fully saturated rings. The molecule has 1 aromatic rings. The van der Waals surface area contributed by atoms with Gasteiger partial charge in [-0.1, -0.05) is 6.92 Å². The van der Waals surface area contributed by atoms with Crippen LogP contribution in [0.3, 0.4) is 0 Å². The third kappa shape index (κ3) is 4.93. The van der Waals surface area contributed by atoms with Crippen molar-refractivity contribution in [3.05, 3.63) is 12.4 Å². The molecule has 1 aromatic heterocycles. The molecule has 0 aliphatic rings. The van der Waals surface area contributed by atoms with Gasteiger partial charge >= 0.3 is 0 Å². The molecule has 0 saturated heterocycles. The minimum atomic E-state index is 0.512. The Kier molecular flexibility index (Phi) is 6.25. The van der Waals surface area contributed by atoms with Crippen LogP contribution in [0.5, 0.6) is 5.88 Å². The minimum absolute atomic E-state index is 0.512. The molecule has 5 heteroatoms. The topological polar surface area (TPSA) is 56.3 Å². The fourth-order valence-electron chi connectivity index (χ4n) is 1.12. The van der Waals surface area contributed by atoms with Crippen LogP contribution in [0.15, 0.2) is 12.4 Å². The van der Waals surface area contributed by atoms with Gasteiger partial charge in [0.1, 0.15) is 18.8 Å². The second-order valence-corrected chi connectivity index (χ2v) is 3.21. The number of nitrogens with one attached hydrogen (secondary N) is 1. The van der Waals surface area contributed by atoms with Crippen molar-refractivity contribution in [2.75, 3.05) is 31.7 Å². The highest BCUT2D eigenvalue weighted by Gasteiger charge is 1.98. The first-order chi connectivity index (χ1) is 7.86. The SMILES string of the molecule is CCCNc1cc(OCCOCC)ncn1. The zero-order valence-electron chi connectivity index (χ0n) is 9.90. The molecule has 0 saturated carbocycles. The van der Waals surface area contributed by atoms with Crippen LogP contribution < -0.4 is 10.1 Å². The molecule has 1 heterocycles. The molecule has 5 nitrogen and oxygen atoms in total. The number of nitrogens with zero attached hydrogens (tertiary/aromatic N) is 2. The van der Waals surface area contributed by atoms with E-state index in [4.69, 9.17) is 9.47 Å². The summed E-state index contributed by atoms with van der Waals surface area (Å²) in [5.74, 6) is 1.37. The standard InChI is InChI=1S/C11H19N3O2/c1-3-5-12-10-8-11(14-9-13-10)16-7-6-15-4-2/h8-9H,3-7H2,1-2H3,(H,12,13,14). The van der Waals surface area contributed by atoms with Gasteiger partial charge in [0.15, 0.2) is 0 Å². The first-order valence-corrected chi connectivity index (χ1v) is 5.63. The number of anilines is 1. The molecule has 0 spiro atoms. The molecule has 0 aliphatic heterocycles. The van der Waals surface area contributed by atoms with Gasteiger partial charge in [-0.3, -0.25) is 0 Å².